The first kappa shape index (κ1) is 20.1. The van der Waals surface area contributed by atoms with E-state index in [2.05, 4.69) is 10.1 Å². The van der Waals surface area contributed by atoms with E-state index >= 15 is 0 Å². The molecule has 0 bridgehead atoms. The first-order valence-corrected chi connectivity index (χ1v) is 11.5. The summed E-state index contributed by atoms with van der Waals surface area (Å²) in [5.74, 6) is 0.815. The zero-order chi connectivity index (χ0) is 20.8. The number of hydrogen-bond acceptors (Lipinski definition) is 5. The highest BCUT2D eigenvalue weighted by Crippen LogP contribution is 2.27. The molecule has 10 heteroatoms. The first-order valence-electron chi connectivity index (χ1n) is 10.1. The van der Waals surface area contributed by atoms with E-state index in [-0.39, 0.29) is 17.5 Å². The van der Waals surface area contributed by atoms with Gasteiger partial charge in [-0.05, 0) is 19.8 Å². The summed E-state index contributed by atoms with van der Waals surface area (Å²) in [6, 6.07) is 0. The highest BCUT2D eigenvalue weighted by Gasteiger charge is 2.33. The normalized spacial score (nSPS) is 17.7. The Labute approximate surface area is 171 Å². The molecule has 0 aromatic carbocycles. The van der Waals surface area contributed by atoms with Gasteiger partial charge in [-0.3, -0.25) is 9.48 Å². The van der Waals surface area contributed by atoms with Gasteiger partial charge in [0, 0.05) is 77.0 Å². The molecule has 0 radical (unpaired) electrons. The largest absolute Gasteiger partial charge is 0.343 e. The Morgan fingerprint density at radius 2 is 1.90 bits per heavy atom. The molecule has 0 saturated carbocycles. The fourth-order valence-electron chi connectivity index (χ4n) is 4.18. The number of imidazole rings is 1. The number of sulfonamides is 1. The smallest absolute Gasteiger partial charge is 0.262 e. The number of carbonyl (C=O) groups is 1. The minimum Gasteiger partial charge on any atom is -0.343 e. The molecule has 1 amide bonds. The summed E-state index contributed by atoms with van der Waals surface area (Å²) in [6.07, 6.45) is 5.25. The summed E-state index contributed by atoms with van der Waals surface area (Å²) >= 11 is 0. The van der Waals surface area contributed by atoms with Gasteiger partial charge >= 0.3 is 0 Å². The summed E-state index contributed by atoms with van der Waals surface area (Å²) in [6.45, 7) is 4.14. The lowest BCUT2D eigenvalue weighted by molar-refractivity contribution is -0.130. The van der Waals surface area contributed by atoms with Crippen LogP contribution >= 0.6 is 0 Å². The van der Waals surface area contributed by atoms with Gasteiger partial charge in [0.1, 0.15) is 5.82 Å². The summed E-state index contributed by atoms with van der Waals surface area (Å²) < 4.78 is 31.2. The minimum absolute atomic E-state index is 0.0793. The molecule has 1 fully saturated rings. The Morgan fingerprint density at radius 1 is 1.17 bits per heavy atom. The molecular formula is C19H28N6O3S. The van der Waals surface area contributed by atoms with Crippen molar-refractivity contribution >= 4 is 15.9 Å². The average molecular weight is 421 g/mol. The molecule has 1 saturated heterocycles. The Balaban J connectivity index is 1.53. The van der Waals surface area contributed by atoms with Crippen LogP contribution in [-0.2, 0) is 48.3 Å². The van der Waals surface area contributed by atoms with Crippen molar-refractivity contribution in [2.24, 2.45) is 14.1 Å². The van der Waals surface area contributed by atoms with Crippen LogP contribution in [0.1, 0.15) is 42.0 Å². The number of nitrogens with zero attached hydrogens (tertiary/aromatic N) is 6. The molecule has 4 rings (SSSR count). The Hall–Kier alpha value is -2.20. The van der Waals surface area contributed by atoms with Crippen LogP contribution in [0.3, 0.4) is 0 Å². The van der Waals surface area contributed by atoms with Gasteiger partial charge in [-0.1, -0.05) is 0 Å². The van der Waals surface area contributed by atoms with Crippen molar-refractivity contribution < 1.29 is 13.2 Å². The van der Waals surface area contributed by atoms with E-state index in [4.69, 9.17) is 0 Å². The van der Waals surface area contributed by atoms with E-state index in [0.29, 0.717) is 31.6 Å². The molecule has 2 aromatic heterocycles. The highest BCUT2D eigenvalue weighted by atomic mass is 32.2. The van der Waals surface area contributed by atoms with Gasteiger partial charge in [0.2, 0.25) is 5.91 Å². The Bertz CT molecular complexity index is 1010. The fraction of sp³-hybridized carbons (Fsp3) is 0.632. The average Bonchev–Trinajstić information content (AvgIpc) is 3.41. The lowest BCUT2D eigenvalue weighted by Gasteiger charge is -2.26. The first-order chi connectivity index (χ1) is 13.8. The molecule has 2 aliphatic rings. The molecule has 158 valence electrons. The summed E-state index contributed by atoms with van der Waals surface area (Å²) in [4.78, 5) is 18.5. The third kappa shape index (κ3) is 3.71. The predicted molar refractivity (Wildman–Crippen MR) is 107 cm³/mol. The molecule has 0 atom stereocenters. The van der Waals surface area contributed by atoms with E-state index in [0.717, 1.165) is 42.9 Å². The number of carbonyl (C=O) groups excluding carboxylic acids is 1. The van der Waals surface area contributed by atoms with E-state index < -0.39 is 10.0 Å². The van der Waals surface area contributed by atoms with Crippen LogP contribution in [-0.4, -0.2) is 62.5 Å². The zero-order valence-corrected chi connectivity index (χ0v) is 18.1. The van der Waals surface area contributed by atoms with E-state index in [1.54, 1.807) is 24.7 Å². The predicted octanol–water partition coefficient (Wildman–Crippen LogP) is 0.764. The second kappa shape index (κ2) is 7.56. The molecule has 0 N–H and O–H groups in total. The minimum atomic E-state index is -3.67. The molecule has 0 spiro atoms. The quantitative estimate of drug-likeness (QED) is 0.712. The number of amides is 1. The number of fused-ring (bicyclic) bond motifs is 1. The molecular weight excluding hydrogens is 392 g/mol. The van der Waals surface area contributed by atoms with Crippen molar-refractivity contribution in [1.29, 1.82) is 0 Å². The molecule has 29 heavy (non-hydrogen) atoms. The molecule has 9 nitrogen and oxygen atoms in total. The monoisotopic (exact) mass is 420 g/mol. The number of likely N-dealkylation sites (tertiary alicyclic amines) is 1. The second-order valence-corrected chi connectivity index (χ2v) is 9.79. The fourth-order valence-corrected chi connectivity index (χ4v) is 5.62. The standard InChI is InChI=1S/C19H28N6O3S/c1-14-20-18(13-22(14)2)29(27,28)25-11-8-17-15(12-25)16(21-23(17)3)6-7-19(26)24-9-4-5-10-24/h13H,4-12H2,1-3H3. The lowest BCUT2D eigenvalue weighted by Crippen LogP contribution is -2.36. The maximum Gasteiger partial charge on any atom is 0.262 e. The molecule has 0 unspecified atom stereocenters. The van der Waals surface area contributed by atoms with Gasteiger partial charge < -0.3 is 9.47 Å². The summed E-state index contributed by atoms with van der Waals surface area (Å²) in [5, 5.41) is 4.68. The number of aromatic nitrogens is 4. The van der Waals surface area contributed by atoms with Crippen LogP contribution < -0.4 is 0 Å². The maximum absolute atomic E-state index is 13.1. The van der Waals surface area contributed by atoms with Crippen LogP contribution in [0.2, 0.25) is 0 Å². The number of rotatable bonds is 5. The maximum atomic E-state index is 13.1. The van der Waals surface area contributed by atoms with Gasteiger partial charge in [0.15, 0.2) is 5.03 Å². The van der Waals surface area contributed by atoms with E-state index in [1.165, 1.54) is 4.31 Å². The van der Waals surface area contributed by atoms with Crippen molar-refractivity contribution in [1.82, 2.24) is 28.5 Å². The van der Waals surface area contributed by atoms with E-state index in [1.807, 2.05) is 16.6 Å². The Kier molecular flexibility index (Phi) is 5.24. The van der Waals surface area contributed by atoms with Gasteiger partial charge in [-0.15, -0.1) is 0 Å². The van der Waals surface area contributed by atoms with Gasteiger partial charge in [-0.2, -0.15) is 9.40 Å². The van der Waals surface area contributed by atoms with Crippen molar-refractivity contribution in [3.63, 3.8) is 0 Å². The highest BCUT2D eigenvalue weighted by molar-refractivity contribution is 7.89. The van der Waals surface area contributed by atoms with Crippen molar-refractivity contribution in [3.8, 4) is 0 Å². The van der Waals surface area contributed by atoms with Crippen molar-refractivity contribution in [3.05, 3.63) is 29.0 Å². The van der Waals surface area contributed by atoms with Crippen LogP contribution in [0.5, 0.6) is 0 Å². The zero-order valence-electron chi connectivity index (χ0n) is 17.3. The SMILES string of the molecule is Cc1nc(S(=O)(=O)N2CCc3c(c(CCC(=O)N4CCCC4)nn3C)C2)cn1C. The topological polar surface area (TPSA) is 93.3 Å². The van der Waals surface area contributed by atoms with Crippen molar-refractivity contribution in [2.75, 3.05) is 19.6 Å². The van der Waals surface area contributed by atoms with Gasteiger partial charge in [0.05, 0.1) is 5.69 Å². The third-order valence-corrected chi connectivity index (χ3v) is 7.73. The lowest BCUT2D eigenvalue weighted by atomic mass is 10.0. The molecule has 4 heterocycles. The van der Waals surface area contributed by atoms with Gasteiger partial charge in [0.25, 0.3) is 10.0 Å². The Morgan fingerprint density at radius 3 is 2.55 bits per heavy atom. The van der Waals surface area contributed by atoms with Crippen molar-refractivity contribution in [2.45, 2.75) is 50.6 Å². The van der Waals surface area contributed by atoms with E-state index in [9.17, 15) is 13.2 Å². The molecule has 2 aromatic rings. The molecule has 0 aliphatic carbocycles. The van der Waals surface area contributed by atoms with Gasteiger partial charge in [-0.25, -0.2) is 13.4 Å². The number of hydrogen-bond donors (Lipinski definition) is 0. The summed E-state index contributed by atoms with van der Waals surface area (Å²) in [5.41, 5.74) is 2.81. The summed E-state index contributed by atoms with van der Waals surface area (Å²) in [7, 11) is 0.000720. The second-order valence-electron chi connectivity index (χ2n) is 7.91. The van der Waals surface area contributed by atoms with Crippen LogP contribution in [0.4, 0.5) is 0 Å². The molecule has 2 aliphatic heterocycles. The third-order valence-electron chi connectivity index (χ3n) is 6.02. The van der Waals surface area contributed by atoms with Crippen LogP contribution in [0, 0.1) is 6.92 Å². The van der Waals surface area contributed by atoms with Crippen LogP contribution in [0.15, 0.2) is 11.2 Å². The van der Waals surface area contributed by atoms with Crippen LogP contribution in [0.25, 0.3) is 0 Å². The number of aryl methyl sites for hydroxylation is 4.